The minimum atomic E-state index is -0.539. The Hall–Kier alpha value is -2.01. The largest absolute Gasteiger partial charge is 0.487 e. The number of thiophene rings is 1. The molecule has 0 aliphatic rings. The fourth-order valence-corrected chi connectivity index (χ4v) is 2.58. The van der Waals surface area contributed by atoms with Crippen LogP contribution in [-0.2, 0) is 13.0 Å². The first kappa shape index (κ1) is 13.4. The predicted octanol–water partition coefficient (Wildman–Crippen LogP) is 2.57. The molecule has 5 heteroatoms. The standard InChI is InChI=1S/C14H16N2O2S/c1-2-10-4-5-11(19-10)8-18-13-6-3-9(15)7-12(13)14(16)17/h3-7H,2,8,15H2,1H3,(H2,16,17). The van der Waals surface area contributed by atoms with Crippen molar-refractivity contribution < 1.29 is 9.53 Å². The van der Waals surface area contributed by atoms with Crippen molar-refractivity contribution >= 4 is 22.9 Å². The van der Waals surface area contributed by atoms with E-state index in [0.29, 0.717) is 23.6 Å². The van der Waals surface area contributed by atoms with Crippen molar-refractivity contribution in [3.8, 4) is 5.75 Å². The molecule has 1 aromatic carbocycles. The third kappa shape index (κ3) is 3.26. The predicted molar refractivity (Wildman–Crippen MR) is 77.4 cm³/mol. The molecule has 0 saturated carbocycles. The summed E-state index contributed by atoms with van der Waals surface area (Å²) in [6.45, 7) is 2.54. The number of nitrogens with two attached hydrogens (primary N) is 2. The molecular formula is C14H16N2O2S. The zero-order valence-electron chi connectivity index (χ0n) is 10.7. The summed E-state index contributed by atoms with van der Waals surface area (Å²) in [4.78, 5) is 13.8. The fourth-order valence-electron chi connectivity index (χ4n) is 1.70. The zero-order valence-corrected chi connectivity index (χ0v) is 11.5. The van der Waals surface area contributed by atoms with Crippen molar-refractivity contribution in [2.45, 2.75) is 20.0 Å². The number of carbonyl (C=O) groups is 1. The second-order valence-electron chi connectivity index (χ2n) is 4.13. The fraction of sp³-hybridized carbons (Fsp3) is 0.214. The summed E-state index contributed by atoms with van der Waals surface area (Å²) in [5.74, 6) is -0.0733. The van der Waals surface area contributed by atoms with Crippen molar-refractivity contribution in [3.05, 3.63) is 45.6 Å². The Bertz CT molecular complexity index is 593. The normalized spacial score (nSPS) is 10.4. The third-order valence-corrected chi connectivity index (χ3v) is 3.91. The van der Waals surface area contributed by atoms with Crippen LogP contribution >= 0.6 is 11.3 Å². The van der Waals surface area contributed by atoms with Gasteiger partial charge in [-0.05, 0) is 36.8 Å². The summed E-state index contributed by atoms with van der Waals surface area (Å²) in [7, 11) is 0. The van der Waals surface area contributed by atoms with Crippen molar-refractivity contribution in [1.29, 1.82) is 0 Å². The molecule has 2 aromatic rings. The summed E-state index contributed by atoms with van der Waals surface area (Å²) >= 11 is 1.70. The van der Waals surface area contributed by atoms with Gasteiger partial charge in [0.1, 0.15) is 12.4 Å². The molecule has 0 aliphatic carbocycles. The van der Waals surface area contributed by atoms with Gasteiger partial charge in [-0.25, -0.2) is 0 Å². The molecule has 0 radical (unpaired) electrons. The van der Waals surface area contributed by atoms with Gasteiger partial charge in [0.2, 0.25) is 0 Å². The Balaban J connectivity index is 2.12. The third-order valence-electron chi connectivity index (χ3n) is 2.70. The quantitative estimate of drug-likeness (QED) is 0.824. The lowest BCUT2D eigenvalue weighted by molar-refractivity contribution is 0.0996. The summed E-state index contributed by atoms with van der Waals surface area (Å²) in [5, 5.41) is 0. The minimum Gasteiger partial charge on any atom is -0.487 e. The van der Waals surface area contributed by atoms with Gasteiger partial charge in [-0.3, -0.25) is 4.79 Å². The zero-order chi connectivity index (χ0) is 13.8. The first-order chi connectivity index (χ1) is 9.10. The molecule has 1 heterocycles. The second-order valence-corrected chi connectivity index (χ2v) is 5.38. The maximum atomic E-state index is 11.3. The van der Waals surface area contributed by atoms with E-state index in [1.807, 2.05) is 6.07 Å². The highest BCUT2D eigenvalue weighted by Crippen LogP contribution is 2.24. The van der Waals surface area contributed by atoms with Crippen molar-refractivity contribution in [2.24, 2.45) is 5.73 Å². The maximum absolute atomic E-state index is 11.3. The molecule has 0 bridgehead atoms. The highest BCUT2D eigenvalue weighted by atomic mass is 32.1. The molecule has 0 unspecified atom stereocenters. The maximum Gasteiger partial charge on any atom is 0.252 e. The van der Waals surface area contributed by atoms with E-state index in [0.717, 1.165) is 11.3 Å². The Morgan fingerprint density at radius 1 is 1.26 bits per heavy atom. The van der Waals surface area contributed by atoms with Crippen LogP contribution in [-0.4, -0.2) is 5.91 Å². The van der Waals surface area contributed by atoms with E-state index >= 15 is 0 Å². The molecule has 0 saturated heterocycles. The van der Waals surface area contributed by atoms with Gasteiger partial charge in [0, 0.05) is 15.4 Å². The average Bonchev–Trinajstić information content (AvgIpc) is 2.85. The van der Waals surface area contributed by atoms with Crippen LogP contribution in [0.25, 0.3) is 0 Å². The first-order valence-electron chi connectivity index (χ1n) is 6.00. The van der Waals surface area contributed by atoms with Crippen LogP contribution < -0.4 is 16.2 Å². The van der Waals surface area contributed by atoms with E-state index < -0.39 is 5.91 Å². The van der Waals surface area contributed by atoms with E-state index in [4.69, 9.17) is 16.2 Å². The van der Waals surface area contributed by atoms with Gasteiger partial charge in [-0.1, -0.05) is 6.92 Å². The van der Waals surface area contributed by atoms with Crippen LogP contribution in [0.4, 0.5) is 5.69 Å². The van der Waals surface area contributed by atoms with Gasteiger partial charge < -0.3 is 16.2 Å². The van der Waals surface area contributed by atoms with E-state index in [1.54, 1.807) is 23.5 Å². The van der Waals surface area contributed by atoms with Crippen LogP contribution in [0.2, 0.25) is 0 Å². The highest BCUT2D eigenvalue weighted by molar-refractivity contribution is 7.11. The average molecular weight is 276 g/mol. The number of anilines is 1. The van der Waals surface area contributed by atoms with E-state index in [2.05, 4.69) is 13.0 Å². The van der Waals surface area contributed by atoms with Crippen LogP contribution in [0.5, 0.6) is 5.75 Å². The number of rotatable bonds is 5. The van der Waals surface area contributed by atoms with Gasteiger partial charge in [0.25, 0.3) is 5.91 Å². The lowest BCUT2D eigenvalue weighted by Crippen LogP contribution is -2.13. The Morgan fingerprint density at radius 2 is 2.00 bits per heavy atom. The monoisotopic (exact) mass is 276 g/mol. The molecule has 0 aliphatic heterocycles. The smallest absolute Gasteiger partial charge is 0.252 e. The Labute approximate surface area is 116 Å². The number of amides is 1. The van der Waals surface area contributed by atoms with E-state index in [-0.39, 0.29) is 0 Å². The number of nitrogen functional groups attached to an aromatic ring is 1. The Morgan fingerprint density at radius 3 is 2.63 bits per heavy atom. The number of primary amides is 1. The van der Waals surface area contributed by atoms with E-state index in [1.165, 1.54) is 10.9 Å². The second kappa shape index (κ2) is 5.75. The van der Waals surface area contributed by atoms with Crippen LogP contribution in [0.15, 0.2) is 30.3 Å². The molecule has 4 nitrogen and oxygen atoms in total. The molecular weight excluding hydrogens is 260 g/mol. The number of ether oxygens (including phenoxy) is 1. The van der Waals surface area contributed by atoms with Crippen molar-refractivity contribution in [3.63, 3.8) is 0 Å². The lowest BCUT2D eigenvalue weighted by Gasteiger charge is -2.09. The Kier molecular flexibility index (Phi) is 4.06. The topological polar surface area (TPSA) is 78.3 Å². The van der Waals surface area contributed by atoms with Crippen molar-refractivity contribution in [1.82, 2.24) is 0 Å². The number of hydrogen-bond acceptors (Lipinski definition) is 4. The minimum absolute atomic E-state index is 0.312. The lowest BCUT2D eigenvalue weighted by atomic mass is 10.1. The van der Waals surface area contributed by atoms with Gasteiger partial charge in [-0.15, -0.1) is 11.3 Å². The molecule has 100 valence electrons. The van der Waals surface area contributed by atoms with Crippen molar-refractivity contribution in [2.75, 3.05) is 5.73 Å². The first-order valence-corrected chi connectivity index (χ1v) is 6.81. The van der Waals surface area contributed by atoms with E-state index in [9.17, 15) is 4.79 Å². The molecule has 2 rings (SSSR count). The summed E-state index contributed by atoms with van der Waals surface area (Å²) in [5.41, 5.74) is 11.7. The van der Waals surface area contributed by atoms with Gasteiger partial charge in [-0.2, -0.15) is 0 Å². The van der Waals surface area contributed by atoms with Gasteiger partial charge in [0.15, 0.2) is 0 Å². The molecule has 0 fully saturated rings. The summed E-state index contributed by atoms with van der Waals surface area (Å²) < 4.78 is 5.65. The SMILES string of the molecule is CCc1ccc(COc2ccc(N)cc2C(N)=O)s1. The van der Waals surface area contributed by atoms with Gasteiger partial charge >= 0.3 is 0 Å². The van der Waals surface area contributed by atoms with Crippen LogP contribution in [0, 0.1) is 0 Å². The summed E-state index contributed by atoms with van der Waals surface area (Å²) in [6, 6.07) is 9.01. The molecule has 4 N–H and O–H groups in total. The number of aryl methyl sites for hydroxylation is 1. The van der Waals surface area contributed by atoms with Crippen LogP contribution in [0.3, 0.4) is 0 Å². The number of benzene rings is 1. The van der Waals surface area contributed by atoms with Gasteiger partial charge in [0.05, 0.1) is 5.56 Å². The van der Waals surface area contributed by atoms with Crippen LogP contribution in [0.1, 0.15) is 27.0 Å². The molecule has 19 heavy (non-hydrogen) atoms. The molecule has 1 aromatic heterocycles. The highest BCUT2D eigenvalue weighted by Gasteiger charge is 2.10. The molecule has 0 atom stereocenters. The number of hydrogen-bond donors (Lipinski definition) is 2. The summed E-state index contributed by atoms with van der Waals surface area (Å²) in [6.07, 6.45) is 1.01. The molecule has 0 spiro atoms. The number of carbonyl (C=O) groups excluding carboxylic acids is 1. The molecule has 1 amide bonds.